The maximum Gasteiger partial charge on any atom is 0.127 e. The van der Waals surface area contributed by atoms with Crippen LogP contribution in [0.3, 0.4) is 0 Å². The van der Waals surface area contributed by atoms with Crippen molar-refractivity contribution in [3.63, 3.8) is 0 Å². The number of rotatable bonds is 2. The number of aromatic nitrogens is 1. The van der Waals surface area contributed by atoms with E-state index in [-0.39, 0.29) is 11.6 Å². The van der Waals surface area contributed by atoms with Crippen LogP contribution < -0.4 is 0 Å². The highest BCUT2D eigenvalue weighted by atomic mass is 32.1. The van der Waals surface area contributed by atoms with Crippen molar-refractivity contribution in [2.24, 2.45) is 0 Å². The van der Waals surface area contributed by atoms with Crippen molar-refractivity contribution >= 4 is 11.3 Å². The van der Waals surface area contributed by atoms with Gasteiger partial charge in [-0.05, 0) is 36.4 Å². The molecule has 0 bridgehead atoms. The second kappa shape index (κ2) is 4.82. The minimum atomic E-state index is -0.264. The van der Waals surface area contributed by atoms with Gasteiger partial charge in [0.2, 0.25) is 0 Å². The fraction of sp³-hybridized carbons (Fsp3) is 0. The lowest BCUT2D eigenvalue weighted by molar-refractivity contribution is 0.477. The van der Waals surface area contributed by atoms with E-state index in [4.69, 9.17) is 0 Å². The molecule has 0 radical (unpaired) electrons. The Bertz CT molecular complexity index is 706. The van der Waals surface area contributed by atoms with Gasteiger partial charge in [0.15, 0.2) is 0 Å². The molecule has 3 aromatic rings. The van der Waals surface area contributed by atoms with Crippen LogP contribution in [0.4, 0.5) is 4.39 Å². The number of hydrogen-bond acceptors (Lipinski definition) is 3. The number of phenols is 1. The molecule has 0 aliphatic rings. The molecular weight excluding hydrogens is 261 g/mol. The first kappa shape index (κ1) is 11.9. The first-order chi connectivity index (χ1) is 9.24. The van der Waals surface area contributed by atoms with Gasteiger partial charge in [0.25, 0.3) is 0 Å². The molecule has 4 heteroatoms. The van der Waals surface area contributed by atoms with Gasteiger partial charge in [0, 0.05) is 10.9 Å². The molecule has 0 unspecified atom stereocenters. The number of halogens is 1. The summed E-state index contributed by atoms with van der Waals surface area (Å²) in [6, 6.07) is 13.3. The van der Waals surface area contributed by atoms with Crippen molar-refractivity contribution in [1.82, 2.24) is 4.98 Å². The van der Waals surface area contributed by atoms with E-state index in [0.29, 0.717) is 5.56 Å². The number of nitrogens with zero attached hydrogens (tertiary/aromatic N) is 1. The van der Waals surface area contributed by atoms with E-state index < -0.39 is 0 Å². The molecule has 1 heterocycles. The van der Waals surface area contributed by atoms with Gasteiger partial charge in [-0.1, -0.05) is 12.1 Å². The van der Waals surface area contributed by atoms with Gasteiger partial charge in [0.1, 0.15) is 16.6 Å². The highest BCUT2D eigenvalue weighted by Gasteiger charge is 2.09. The third-order valence-corrected chi connectivity index (χ3v) is 3.65. The average Bonchev–Trinajstić information content (AvgIpc) is 2.89. The highest BCUT2D eigenvalue weighted by molar-refractivity contribution is 7.13. The molecule has 0 fully saturated rings. The Labute approximate surface area is 113 Å². The first-order valence-corrected chi connectivity index (χ1v) is 6.62. The predicted molar refractivity (Wildman–Crippen MR) is 74.6 cm³/mol. The first-order valence-electron chi connectivity index (χ1n) is 5.74. The highest BCUT2D eigenvalue weighted by Crippen LogP contribution is 2.33. The Morgan fingerprint density at radius 3 is 2.47 bits per heavy atom. The fourth-order valence-electron chi connectivity index (χ4n) is 1.81. The van der Waals surface area contributed by atoms with Crippen molar-refractivity contribution < 1.29 is 9.50 Å². The maximum absolute atomic E-state index is 12.9. The average molecular weight is 271 g/mol. The summed E-state index contributed by atoms with van der Waals surface area (Å²) in [7, 11) is 0. The number of benzene rings is 2. The van der Waals surface area contributed by atoms with E-state index in [0.717, 1.165) is 16.3 Å². The van der Waals surface area contributed by atoms with Crippen LogP contribution in [0.1, 0.15) is 0 Å². The van der Waals surface area contributed by atoms with Gasteiger partial charge < -0.3 is 5.11 Å². The Morgan fingerprint density at radius 2 is 1.74 bits per heavy atom. The molecule has 3 rings (SSSR count). The lowest BCUT2D eigenvalue weighted by atomic mass is 10.1. The molecule has 0 saturated heterocycles. The van der Waals surface area contributed by atoms with Crippen molar-refractivity contribution in [1.29, 1.82) is 0 Å². The molecule has 0 aliphatic heterocycles. The molecule has 0 saturated carbocycles. The molecule has 1 aromatic heterocycles. The standard InChI is InChI=1S/C15H10FNOS/c16-11-7-5-10(6-8-11)13-9-19-15(17-13)12-3-1-2-4-14(12)18/h1-9,18H. The van der Waals surface area contributed by atoms with Crippen LogP contribution in [0.2, 0.25) is 0 Å². The zero-order valence-corrected chi connectivity index (χ0v) is 10.7. The van der Waals surface area contributed by atoms with Crippen LogP contribution in [0.15, 0.2) is 53.9 Å². The summed E-state index contributed by atoms with van der Waals surface area (Å²) in [5.41, 5.74) is 2.35. The smallest absolute Gasteiger partial charge is 0.127 e. The van der Waals surface area contributed by atoms with Gasteiger partial charge in [0.05, 0.1) is 11.3 Å². The molecule has 2 nitrogen and oxygen atoms in total. The summed E-state index contributed by atoms with van der Waals surface area (Å²) < 4.78 is 12.9. The quantitative estimate of drug-likeness (QED) is 0.753. The van der Waals surface area contributed by atoms with Gasteiger partial charge in [-0.25, -0.2) is 9.37 Å². The van der Waals surface area contributed by atoms with Crippen LogP contribution in [0, 0.1) is 5.82 Å². The largest absolute Gasteiger partial charge is 0.507 e. The second-order valence-corrected chi connectivity index (χ2v) is 4.92. The molecule has 0 atom stereocenters. The molecule has 0 amide bonds. The predicted octanol–water partition coefficient (Wildman–Crippen LogP) is 4.32. The van der Waals surface area contributed by atoms with Crippen LogP contribution >= 0.6 is 11.3 Å². The second-order valence-electron chi connectivity index (χ2n) is 4.06. The summed E-state index contributed by atoms with van der Waals surface area (Å²) in [5.74, 6) is -0.0533. The normalized spacial score (nSPS) is 10.6. The Kier molecular flexibility index (Phi) is 3.01. The Hall–Kier alpha value is -2.20. The number of hydrogen-bond donors (Lipinski definition) is 1. The van der Waals surface area contributed by atoms with Gasteiger partial charge in [-0.3, -0.25) is 0 Å². The number of para-hydroxylation sites is 1. The number of aromatic hydroxyl groups is 1. The van der Waals surface area contributed by atoms with Crippen LogP contribution in [-0.4, -0.2) is 10.1 Å². The molecule has 0 aliphatic carbocycles. The van der Waals surface area contributed by atoms with Crippen LogP contribution in [0.25, 0.3) is 21.8 Å². The van der Waals surface area contributed by atoms with Gasteiger partial charge in [-0.2, -0.15) is 0 Å². The molecule has 2 aromatic carbocycles. The number of thiazole rings is 1. The topological polar surface area (TPSA) is 33.1 Å². The third-order valence-electron chi connectivity index (χ3n) is 2.78. The fourth-order valence-corrected chi connectivity index (χ4v) is 2.67. The van der Waals surface area contributed by atoms with Crippen LogP contribution in [0.5, 0.6) is 5.75 Å². The summed E-state index contributed by atoms with van der Waals surface area (Å²) >= 11 is 1.45. The van der Waals surface area contributed by atoms with E-state index in [1.54, 1.807) is 24.3 Å². The number of phenolic OH excluding ortho intramolecular Hbond substituents is 1. The summed E-state index contributed by atoms with van der Waals surface area (Å²) in [5, 5.41) is 12.4. The summed E-state index contributed by atoms with van der Waals surface area (Å²) in [6.45, 7) is 0. The van der Waals surface area contributed by atoms with Gasteiger partial charge >= 0.3 is 0 Å². The molecule has 1 N–H and O–H groups in total. The zero-order valence-electron chi connectivity index (χ0n) is 9.88. The summed E-state index contributed by atoms with van der Waals surface area (Å²) in [6.07, 6.45) is 0. The minimum Gasteiger partial charge on any atom is -0.507 e. The van der Waals surface area contributed by atoms with Crippen molar-refractivity contribution in [3.8, 4) is 27.6 Å². The summed E-state index contributed by atoms with van der Waals surface area (Å²) in [4.78, 5) is 4.48. The van der Waals surface area contributed by atoms with E-state index in [1.165, 1.54) is 23.5 Å². The van der Waals surface area contributed by atoms with Gasteiger partial charge in [-0.15, -0.1) is 11.3 Å². The maximum atomic E-state index is 12.9. The molecule has 0 spiro atoms. The van der Waals surface area contributed by atoms with Crippen molar-refractivity contribution in [2.75, 3.05) is 0 Å². The molecular formula is C15H10FNOS. The van der Waals surface area contributed by atoms with E-state index in [1.807, 2.05) is 17.5 Å². The Balaban J connectivity index is 2.00. The van der Waals surface area contributed by atoms with E-state index in [2.05, 4.69) is 4.98 Å². The van der Waals surface area contributed by atoms with E-state index in [9.17, 15) is 9.50 Å². The minimum absolute atomic E-state index is 0.211. The van der Waals surface area contributed by atoms with E-state index >= 15 is 0 Å². The molecule has 94 valence electrons. The SMILES string of the molecule is Oc1ccccc1-c1nc(-c2ccc(F)cc2)cs1. The third kappa shape index (κ3) is 2.35. The lowest BCUT2D eigenvalue weighted by Crippen LogP contribution is -1.81. The van der Waals surface area contributed by atoms with Crippen molar-refractivity contribution in [3.05, 3.63) is 59.7 Å². The van der Waals surface area contributed by atoms with Crippen LogP contribution in [-0.2, 0) is 0 Å². The zero-order chi connectivity index (χ0) is 13.2. The lowest BCUT2D eigenvalue weighted by Gasteiger charge is -1.99. The van der Waals surface area contributed by atoms with Crippen molar-refractivity contribution in [2.45, 2.75) is 0 Å². The Morgan fingerprint density at radius 1 is 1.00 bits per heavy atom. The molecule has 19 heavy (non-hydrogen) atoms. The monoisotopic (exact) mass is 271 g/mol.